The molecule has 0 aromatic heterocycles. The minimum atomic E-state index is -3.78. The molecule has 1 aliphatic heterocycles. The van der Waals surface area contributed by atoms with Gasteiger partial charge in [-0.1, -0.05) is 54.1 Å². The summed E-state index contributed by atoms with van der Waals surface area (Å²) in [7, 11) is -7.56. The summed E-state index contributed by atoms with van der Waals surface area (Å²) in [5.41, 5.74) is 3.49. The first-order chi connectivity index (χ1) is 17.4. The summed E-state index contributed by atoms with van der Waals surface area (Å²) >= 11 is 0. The van der Waals surface area contributed by atoms with Gasteiger partial charge in [-0.25, -0.2) is 16.8 Å². The standard InChI is InChI=1S/C28H39N3O4S2.ClH/c1-23(2)20-29-16-6-18-30(36(32,33)27-12-8-24(3)9-13-27)21-26(5)22-31(19-7-17-29)37(34,35)28-14-10-25(4)11-15-28;/h8-15H,1,5-7,16-22H2,2-4H3;1H. The van der Waals surface area contributed by atoms with E-state index in [9.17, 15) is 16.8 Å². The van der Waals surface area contributed by atoms with Gasteiger partial charge < -0.3 is 0 Å². The van der Waals surface area contributed by atoms with Crippen LogP contribution in [-0.4, -0.2) is 76.2 Å². The number of sulfonamides is 2. The van der Waals surface area contributed by atoms with Crippen molar-refractivity contribution in [2.75, 3.05) is 45.8 Å². The van der Waals surface area contributed by atoms with Gasteiger partial charge in [0.05, 0.1) is 9.79 Å². The summed E-state index contributed by atoms with van der Waals surface area (Å²) in [5, 5.41) is 0. The first-order valence-corrected chi connectivity index (χ1v) is 15.4. The zero-order chi connectivity index (χ0) is 27.2. The number of halogens is 1. The smallest absolute Gasteiger partial charge is 0.243 e. The van der Waals surface area contributed by atoms with Crippen LogP contribution in [0.1, 0.15) is 30.9 Å². The monoisotopic (exact) mass is 581 g/mol. The molecular formula is C28H40ClN3O4S2. The van der Waals surface area contributed by atoms with Gasteiger partial charge in [0, 0.05) is 32.7 Å². The second-order valence-electron chi connectivity index (χ2n) is 9.99. The van der Waals surface area contributed by atoms with Gasteiger partial charge >= 0.3 is 0 Å². The molecule has 0 radical (unpaired) electrons. The maximum Gasteiger partial charge on any atom is 0.243 e. The van der Waals surface area contributed by atoms with Crippen LogP contribution in [-0.2, 0) is 20.0 Å². The van der Waals surface area contributed by atoms with E-state index < -0.39 is 20.0 Å². The van der Waals surface area contributed by atoms with Crippen LogP contribution < -0.4 is 0 Å². The van der Waals surface area contributed by atoms with Crippen LogP contribution >= 0.6 is 12.4 Å². The third-order valence-electron chi connectivity index (χ3n) is 6.37. The van der Waals surface area contributed by atoms with Gasteiger partial charge in [0.15, 0.2) is 0 Å². The third kappa shape index (κ3) is 8.49. The fraction of sp³-hybridized carbons (Fsp3) is 0.429. The number of hydrogen-bond donors (Lipinski definition) is 0. The molecular weight excluding hydrogens is 542 g/mol. The molecule has 0 atom stereocenters. The first-order valence-electron chi connectivity index (χ1n) is 12.6. The number of hydrogen-bond acceptors (Lipinski definition) is 5. The topological polar surface area (TPSA) is 78.0 Å². The van der Waals surface area contributed by atoms with Gasteiger partial charge in [0.25, 0.3) is 0 Å². The van der Waals surface area contributed by atoms with E-state index in [0.717, 1.165) is 16.7 Å². The highest BCUT2D eigenvalue weighted by molar-refractivity contribution is 7.89. The molecule has 3 rings (SSSR count). The van der Waals surface area contributed by atoms with Crippen LogP contribution in [0.2, 0.25) is 0 Å². The molecule has 210 valence electrons. The van der Waals surface area contributed by atoms with Crippen molar-refractivity contribution in [3.05, 3.63) is 84.0 Å². The van der Waals surface area contributed by atoms with Crippen molar-refractivity contribution in [2.24, 2.45) is 0 Å². The van der Waals surface area contributed by atoms with Crippen LogP contribution in [0.4, 0.5) is 0 Å². The maximum atomic E-state index is 13.6. The Hall–Kier alpha value is -2.01. The SMILES string of the molecule is C=C(C)CN1CCCN(S(=O)(=O)c2ccc(C)cc2)CC(=C)CN(S(=O)(=O)c2ccc(C)cc2)CCC1.Cl. The normalized spacial score (nSPS) is 17.7. The summed E-state index contributed by atoms with van der Waals surface area (Å²) < 4.78 is 57.2. The molecule has 2 aromatic carbocycles. The van der Waals surface area contributed by atoms with E-state index in [4.69, 9.17) is 0 Å². The summed E-state index contributed by atoms with van der Waals surface area (Å²) in [5.74, 6) is 0. The highest BCUT2D eigenvalue weighted by atomic mass is 35.5. The van der Waals surface area contributed by atoms with Gasteiger partial charge in [0.2, 0.25) is 20.0 Å². The average molecular weight is 582 g/mol. The van der Waals surface area contributed by atoms with Crippen molar-refractivity contribution in [1.82, 2.24) is 13.5 Å². The predicted molar refractivity (Wildman–Crippen MR) is 157 cm³/mol. The van der Waals surface area contributed by atoms with Crippen LogP contribution in [0.15, 0.2) is 82.6 Å². The lowest BCUT2D eigenvalue weighted by atomic mass is 10.2. The Kier molecular flexibility index (Phi) is 11.8. The van der Waals surface area contributed by atoms with Crippen molar-refractivity contribution in [2.45, 2.75) is 43.4 Å². The Morgan fingerprint density at radius 2 is 1.11 bits per heavy atom. The lowest BCUT2D eigenvalue weighted by Gasteiger charge is -2.30. The summed E-state index contributed by atoms with van der Waals surface area (Å²) in [6.07, 6.45) is 1.30. The van der Waals surface area contributed by atoms with Crippen LogP contribution in [0.5, 0.6) is 0 Å². The molecule has 0 bridgehead atoms. The van der Waals surface area contributed by atoms with Crippen molar-refractivity contribution in [1.29, 1.82) is 0 Å². The van der Waals surface area contributed by atoms with Crippen molar-refractivity contribution >= 4 is 32.5 Å². The Labute approximate surface area is 235 Å². The van der Waals surface area contributed by atoms with Crippen molar-refractivity contribution in [3.8, 4) is 0 Å². The van der Waals surface area contributed by atoms with Crippen molar-refractivity contribution < 1.29 is 16.8 Å². The van der Waals surface area contributed by atoms with Gasteiger partial charge in [-0.15, -0.1) is 12.4 Å². The lowest BCUT2D eigenvalue weighted by Crippen LogP contribution is -2.41. The van der Waals surface area contributed by atoms with E-state index >= 15 is 0 Å². The molecule has 0 saturated carbocycles. The van der Waals surface area contributed by atoms with Gasteiger partial charge in [-0.05, 0) is 76.5 Å². The second-order valence-corrected chi connectivity index (χ2v) is 13.9. The molecule has 7 nitrogen and oxygen atoms in total. The minimum absolute atomic E-state index is 0. The van der Waals surface area contributed by atoms with Crippen molar-refractivity contribution in [3.63, 3.8) is 0 Å². The third-order valence-corrected chi connectivity index (χ3v) is 10.1. The largest absolute Gasteiger partial charge is 0.299 e. The molecule has 1 saturated heterocycles. The summed E-state index contributed by atoms with van der Waals surface area (Å²) in [6, 6.07) is 13.6. The average Bonchev–Trinajstić information content (AvgIpc) is 2.82. The first kappa shape index (κ1) is 32.2. The second kappa shape index (κ2) is 13.9. The minimum Gasteiger partial charge on any atom is -0.299 e. The summed E-state index contributed by atoms with van der Waals surface area (Å²) in [6.45, 7) is 16.7. The van der Waals surface area contributed by atoms with E-state index in [1.807, 2.05) is 20.8 Å². The Bertz CT molecular complexity index is 1220. The summed E-state index contributed by atoms with van der Waals surface area (Å²) in [4.78, 5) is 2.66. The molecule has 1 heterocycles. The molecule has 0 N–H and O–H groups in total. The zero-order valence-corrected chi connectivity index (χ0v) is 25.0. The molecule has 38 heavy (non-hydrogen) atoms. The number of benzene rings is 2. The molecule has 0 spiro atoms. The molecule has 10 heteroatoms. The van der Waals surface area contributed by atoms with Crippen LogP contribution in [0.25, 0.3) is 0 Å². The Balaban J connectivity index is 0.00000507. The van der Waals surface area contributed by atoms with Gasteiger partial charge in [-0.3, -0.25) is 4.90 Å². The molecule has 1 fully saturated rings. The maximum absolute atomic E-state index is 13.6. The quantitative estimate of drug-likeness (QED) is 0.465. The molecule has 0 aliphatic carbocycles. The predicted octanol–water partition coefficient (Wildman–Crippen LogP) is 4.63. The van der Waals surface area contributed by atoms with Crippen LogP contribution in [0.3, 0.4) is 0 Å². The van der Waals surface area contributed by atoms with E-state index in [1.165, 1.54) is 8.61 Å². The molecule has 2 aromatic rings. The number of aryl methyl sites for hydroxylation is 2. The highest BCUT2D eigenvalue weighted by Gasteiger charge is 2.29. The van der Waals surface area contributed by atoms with E-state index in [-0.39, 0.29) is 35.3 Å². The van der Waals surface area contributed by atoms with Gasteiger partial charge in [-0.2, -0.15) is 8.61 Å². The highest BCUT2D eigenvalue weighted by Crippen LogP contribution is 2.22. The van der Waals surface area contributed by atoms with E-state index in [2.05, 4.69) is 18.1 Å². The van der Waals surface area contributed by atoms with E-state index in [0.29, 0.717) is 51.1 Å². The van der Waals surface area contributed by atoms with E-state index in [1.54, 1.807) is 48.5 Å². The molecule has 0 amide bonds. The fourth-order valence-corrected chi connectivity index (χ4v) is 7.43. The number of nitrogens with zero attached hydrogens (tertiary/aromatic N) is 3. The molecule has 1 aliphatic rings. The lowest BCUT2D eigenvalue weighted by molar-refractivity contribution is 0.261. The molecule has 0 unspecified atom stereocenters. The Morgan fingerprint density at radius 1 is 0.737 bits per heavy atom. The zero-order valence-electron chi connectivity index (χ0n) is 22.6. The number of rotatable bonds is 6. The van der Waals surface area contributed by atoms with Crippen LogP contribution in [0, 0.1) is 13.8 Å². The fourth-order valence-electron chi connectivity index (χ4n) is 4.43. The Morgan fingerprint density at radius 3 is 1.45 bits per heavy atom. The van der Waals surface area contributed by atoms with Gasteiger partial charge in [0.1, 0.15) is 0 Å².